The molecule has 1 N–H and O–H groups in total. The zero-order valence-corrected chi connectivity index (χ0v) is 8.54. The Morgan fingerprint density at radius 1 is 1.18 bits per heavy atom. The minimum Gasteiger partial charge on any atom is -0.389 e. The summed E-state index contributed by atoms with van der Waals surface area (Å²) < 4.78 is 0. The van der Waals surface area contributed by atoms with E-state index in [1.54, 1.807) is 0 Å². The molecule has 0 aromatic rings. The summed E-state index contributed by atoms with van der Waals surface area (Å²) in [5.41, 5.74) is 1.18. The maximum Gasteiger partial charge on any atom is 0.0141 e. The second-order valence-electron chi connectivity index (χ2n) is 2.28. The Labute approximate surface area is 71.9 Å². The van der Waals surface area contributed by atoms with E-state index in [2.05, 4.69) is 25.7 Å². The molecule has 68 valence electrons. The summed E-state index contributed by atoms with van der Waals surface area (Å²) in [6, 6.07) is 0. The Bertz CT molecular complexity index is 76.9. The van der Waals surface area contributed by atoms with E-state index < -0.39 is 0 Å². The van der Waals surface area contributed by atoms with Gasteiger partial charge in [-0.2, -0.15) is 0 Å². The lowest BCUT2D eigenvalue weighted by Crippen LogP contribution is -2.12. The molecule has 0 aliphatic carbocycles. The van der Waals surface area contributed by atoms with Crippen LogP contribution in [0.25, 0.3) is 0 Å². The number of allylic oxidation sites excluding steroid dienone is 1. The summed E-state index contributed by atoms with van der Waals surface area (Å²) in [5, 5.41) is 3.24. The predicted molar refractivity (Wildman–Crippen MR) is 53.7 cm³/mol. The summed E-state index contributed by atoms with van der Waals surface area (Å²) in [4.78, 5) is 0. The van der Waals surface area contributed by atoms with Crippen molar-refractivity contribution in [1.82, 2.24) is 5.32 Å². The molecule has 0 atom stereocenters. The molecule has 0 bridgehead atoms. The van der Waals surface area contributed by atoms with Gasteiger partial charge in [-0.05, 0) is 12.8 Å². The Balaban J connectivity index is 0. The van der Waals surface area contributed by atoms with Crippen LogP contribution in [-0.2, 0) is 0 Å². The Morgan fingerprint density at radius 2 is 1.73 bits per heavy atom. The lowest BCUT2D eigenvalue weighted by molar-refractivity contribution is 0.720. The third-order valence-electron chi connectivity index (χ3n) is 1.18. The molecule has 0 rings (SSSR count). The van der Waals surface area contributed by atoms with Gasteiger partial charge < -0.3 is 5.32 Å². The van der Waals surface area contributed by atoms with Gasteiger partial charge in [0.1, 0.15) is 0 Å². The SMILES string of the molecule is C=C(CCC)NCCC.CC. The van der Waals surface area contributed by atoms with Gasteiger partial charge >= 0.3 is 0 Å². The van der Waals surface area contributed by atoms with Crippen molar-refractivity contribution in [3.8, 4) is 0 Å². The van der Waals surface area contributed by atoms with Crippen molar-refractivity contribution in [2.75, 3.05) is 6.54 Å². The van der Waals surface area contributed by atoms with Crippen LogP contribution in [0.4, 0.5) is 0 Å². The number of hydrogen-bond donors (Lipinski definition) is 1. The second kappa shape index (κ2) is 12.2. The van der Waals surface area contributed by atoms with Crippen molar-refractivity contribution >= 4 is 0 Å². The normalized spacial score (nSPS) is 8.00. The minimum absolute atomic E-state index is 1.07. The lowest BCUT2D eigenvalue weighted by Gasteiger charge is -2.05. The van der Waals surface area contributed by atoms with Crippen molar-refractivity contribution in [2.24, 2.45) is 0 Å². The van der Waals surface area contributed by atoms with Gasteiger partial charge in [-0.1, -0.05) is 40.7 Å². The number of nitrogens with one attached hydrogen (secondary N) is 1. The van der Waals surface area contributed by atoms with Crippen LogP contribution in [0.1, 0.15) is 47.0 Å². The van der Waals surface area contributed by atoms with Gasteiger partial charge in [0.2, 0.25) is 0 Å². The fourth-order valence-corrected chi connectivity index (χ4v) is 0.692. The van der Waals surface area contributed by atoms with Gasteiger partial charge in [0.05, 0.1) is 0 Å². The van der Waals surface area contributed by atoms with Crippen LogP contribution in [0.2, 0.25) is 0 Å². The molecule has 0 amide bonds. The van der Waals surface area contributed by atoms with Crippen LogP contribution < -0.4 is 5.32 Å². The molecule has 1 heteroatoms. The topological polar surface area (TPSA) is 12.0 Å². The monoisotopic (exact) mass is 157 g/mol. The van der Waals surface area contributed by atoms with Gasteiger partial charge in [0.15, 0.2) is 0 Å². The van der Waals surface area contributed by atoms with Gasteiger partial charge in [-0.15, -0.1) is 0 Å². The van der Waals surface area contributed by atoms with Gasteiger partial charge in [0, 0.05) is 12.2 Å². The third-order valence-corrected chi connectivity index (χ3v) is 1.18. The van der Waals surface area contributed by atoms with E-state index in [1.165, 1.54) is 18.5 Å². The minimum atomic E-state index is 1.07. The molecule has 0 aromatic carbocycles. The predicted octanol–water partition coefficient (Wildman–Crippen LogP) is 3.33. The van der Waals surface area contributed by atoms with E-state index in [0.29, 0.717) is 0 Å². The van der Waals surface area contributed by atoms with Crippen molar-refractivity contribution < 1.29 is 0 Å². The smallest absolute Gasteiger partial charge is 0.0141 e. The first-order chi connectivity index (χ1) is 5.31. The standard InChI is InChI=1S/C8H17N.C2H6/c1-4-6-8(3)9-7-5-2;1-2/h9H,3-7H2,1-2H3;1-2H3. The highest BCUT2D eigenvalue weighted by atomic mass is 14.9. The highest BCUT2D eigenvalue weighted by molar-refractivity contribution is 4.89. The first-order valence-corrected chi connectivity index (χ1v) is 4.72. The summed E-state index contributed by atoms with van der Waals surface area (Å²) in [5.74, 6) is 0. The van der Waals surface area contributed by atoms with Gasteiger partial charge in [-0.3, -0.25) is 0 Å². The van der Waals surface area contributed by atoms with E-state index in [9.17, 15) is 0 Å². The van der Waals surface area contributed by atoms with Crippen molar-refractivity contribution in [3.63, 3.8) is 0 Å². The molecule has 1 nitrogen and oxygen atoms in total. The Kier molecular flexibility index (Phi) is 14.6. The molecule has 0 aromatic heterocycles. The summed E-state index contributed by atoms with van der Waals surface area (Å²) >= 11 is 0. The zero-order chi connectivity index (χ0) is 9.11. The molecule has 0 spiro atoms. The zero-order valence-electron chi connectivity index (χ0n) is 8.54. The molecule has 0 radical (unpaired) electrons. The van der Waals surface area contributed by atoms with Crippen LogP contribution in [0.5, 0.6) is 0 Å². The molecule has 0 saturated carbocycles. The molecule has 0 fully saturated rings. The molecule has 0 aliphatic heterocycles. The van der Waals surface area contributed by atoms with Crippen molar-refractivity contribution in [1.29, 1.82) is 0 Å². The van der Waals surface area contributed by atoms with E-state index in [4.69, 9.17) is 0 Å². The van der Waals surface area contributed by atoms with Gasteiger partial charge in [-0.25, -0.2) is 0 Å². The maximum absolute atomic E-state index is 3.87. The van der Waals surface area contributed by atoms with E-state index in [-0.39, 0.29) is 0 Å². The number of rotatable bonds is 5. The third kappa shape index (κ3) is 12.7. The Morgan fingerprint density at radius 3 is 2.09 bits per heavy atom. The van der Waals surface area contributed by atoms with Crippen LogP contribution >= 0.6 is 0 Å². The molecule has 0 aliphatic rings. The van der Waals surface area contributed by atoms with Gasteiger partial charge in [0.25, 0.3) is 0 Å². The summed E-state index contributed by atoms with van der Waals surface area (Å²) in [6.07, 6.45) is 3.48. The van der Waals surface area contributed by atoms with E-state index in [1.807, 2.05) is 13.8 Å². The maximum atomic E-state index is 3.87. The summed E-state index contributed by atoms with van der Waals surface area (Å²) in [7, 11) is 0. The largest absolute Gasteiger partial charge is 0.389 e. The Hall–Kier alpha value is -0.460. The fraction of sp³-hybridized carbons (Fsp3) is 0.800. The van der Waals surface area contributed by atoms with E-state index >= 15 is 0 Å². The first-order valence-electron chi connectivity index (χ1n) is 4.72. The highest BCUT2D eigenvalue weighted by Gasteiger charge is 1.87. The molecule has 11 heavy (non-hydrogen) atoms. The lowest BCUT2D eigenvalue weighted by atomic mass is 10.3. The van der Waals surface area contributed by atoms with Crippen molar-refractivity contribution in [2.45, 2.75) is 47.0 Å². The number of hydrogen-bond acceptors (Lipinski definition) is 1. The first kappa shape index (κ1) is 13.2. The summed E-state index contributed by atoms with van der Waals surface area (Å²) in [6.45, 7) is 13.3. The molecule has 0 unspecified atom stereocenters. The van der Waals surface area contributed by atoms with E-state index in [0.717, 1.165) is 13.0 Å². The average molecular weight is 157 g/mol. The van der Waals surface area contributed by atoms with Crippen LogP contribution in [0, 0.1) is 0 Å². The average Bonchev–Trinajstić information content (AvgIpc) is 2.05. The van der Waals surface area contributed by atoms with Crippen LogP contribution in [-0.4, -0.2) is 6.54 Å². The van der Waals surface area contributed by atoms with Crippen LogP contribution in [0.15, 0.2) is 12.3 Å². The second-order valence-corrected chi connectivity index (χ2v) is 2.28. The molecular formula is C10H23N. The molecule has 0 saturated heterocycles. The fourth-order valence-electron chi connectivity index (χ4n) is 0.692. The quantitative estimate of drug-likeness (QED) is 0.645. The molecular weight excluding hydrogens is 134 g/mol. The highest BCUT2D eigenvalue weighted by Crippen LogP contribution is 1.95. The molecule has 0 heterocycles. The van der Waals surface area contributed by atoms with Crippen molar-refractivity contribution in [3.05, 3.63) is 12.3 Å². The van der Waals surface area contributed by atoms with Crippen LogP contribution in [0.3, 0.4) is 0 Å².